The first-order valence-electron chi connectivity index (χ1n) is 5.94. The molecule has 0 radical (unpaired) electrons. The summed E-state index contributed by atoms with van der Waals surface area (Å²) < 4.78 is 5.28. The van der Waals surface area contributed by atoms with Crippen LogP contribution in [-0.4, -0.2) is 22.8 Å². The standard InChI is InChI=1S/C15H11N3O2S/c1-3-8-20-11-6-4-10(5-7-11)13-12(9-16)14(19)18-15(17-13)21-2/h1,4-7H,8H2,2H3,(H,17,18,19). The lowest BCUT2D eigenvalue weighted by Crippen LogP contribution is -2.14. The minimum Gasteiger partial charge on any atom is -0.481 e. The number of nitrogens with zero attached hydrogens (tertiary/aromatic N) is 2. The van der Waals surface area contributed by atoms with Gasteiger partial charge in [0.05, 0.1) is 5.69 Å². The van der Waals surface area contributed by atoms with Gasteiger partial charge in [0.1, 0.15) is 24.0 Å². The molecule has 2 aromatic rings. The van der Waals surface area contributed by atoms with Gasteiger partial charge in [-0.05, 0) is 30.5 Å². The van der Waals surface area contributed by atoms with Gasteiger partial charge in [-0.2, -0.15) is 5.26 Å². The average Bonchev–Trinajstić information content (AvgIpc) is 2.52. The summed E-state index contributed by atoms with van der Waals surface area (Å²) in [6.07, 6.45) is 6.92. The van der Waals surface area contributed by atoms with Crippen LogP contribution < -0.4 is 10.3 Å². The number of nitriles is 1. The Bertz CT molecular complexity index is 783. The van der Waals surface area contributed by atoms with E-state index >= 15 is 0 Å². The molecule has 0 saturated carbocycles. The predicted octanol–water partition coefficient (Wildman–Crippen LogP) is 2.04. The van der Waals surface area contributed by atoms with Crippen LogP contribution in [0.1, 0.15) is 5.56 Å². The molecule has 1 aromatic carbocycles. The van der Waals surface area contributed by atoms with Gasteiger partial charge >= 0.3 is 0 Å². The Kier molecular flexibility index (Phi) is 4.65. The second-order valence-corrected chi connectivity index (χ2v) is 4.72. The maximum Gasteiger partial charge on any atom is 0.270 e. The fraction of sp³-hybridized carbons (Fsp3) is 0.133. The minimum absolute atomic E-state index is 0.00917. The molecule has 21 heavy (non-hydrogen) atoms. The highest BCUT2D eigenvalue weighted by Gasteiger charge is 2.13. The summed E-state index contributed by atoms with van der Waals surface area (Å²) in [5.74, 6) is 2.99. The number of H-pyrrole nitrogens is 1. The summed E-state index contributed by atoms with van der Waals surface area (Å²) >= 11 is 1.30. The number of terminal acetylenes is 1. The molecule has 1 heterocycles. The highest BCUT2D eigenvalue weighted by atomic mass is 32.2. The summed E-state index contributed by atoms with van der Waals surface area (Å²) in [6.45, 7) is 0.183. The molecule has 0 bridgehead atoms. The largest absolute Gasteiger partial charge is 0.481 e. The first-order valence-corrected chi connectivity index (χ1v) is 7.17. The molecule has 104 valence electrons. The number of thioether (sulfide) groups is 1. The van der Waals surface area contributed by atoms with Gasteiger partial charge in [0.25, 0.3) is 5.56 Å². The zero-order valence-electron chi connectivity index (χ0n) is 11.2. The molecule has 6 heteroatoms. The Morgan fingerprint density at radius 3 is 2.71 bits per heavy atom. The summed E-state index contributed by atoms with van der Waals surface area (Å²) in [6, 6.07) is 8.79. The maximum absolute atomic E-state index is 11.9. The lowest BCUT2D eigenvalue weighted by molar-refractivity contribution is 0.370. The average molecular weight is 297 g/mol. The van der Waals surface area contributed by atoms with Gasteiger partial charge < -0.3 is 9.72 Å². The summed E-state index contributed by atoms with van der Waals surface area (Å²) in [4.78, 5) is 18.7. The fourth-order valence-electron chi connectivity index (χ4n) is 1.70. The number of ether oxygens (including phenoxy) is 1. The van der Waals surface area contributed by atoms with Crippen molar-refractivity contribution in [3.8, 4) is 35.4 Å². The number of hydrogen-bond donors (Lipinski definition) is 1. The minimum atomic E-state index is -0.445. The molecule has 0 saturated heterocycles. The number of rotatable bonds is 4. The highest BCUT2D eigenvalue weighted by molar-refractivity contribution is 7.98. The van der Waals surface area contributed by atoms with E-state index in [0.717, 1.165) is 0 Å². The smallest absolute Gasteiger partial charge is 0.270 e. The van der Waals surface area contributed by atoms with Gasteiger partial charge in [-0.15, -0.1) is 6.42 Å². The van der Waals surface area contributed by atoms with Crippen molar-refractivity contribution in [3.63, 3.8) is 0 Å². The lowest BCUT2D eigenvalue weighted by Gasteiger charge is -2.06. The van der Waals surface area contributed by atoms with Gasteiger partial charge in [0, 0.05) is 5.56 Å². The first kappa shape index (κ1) is 14.7. The predicted molar refractivity (Wildman–Crippen MR) is 81.1 cm³/mol. The van der Waals surface area contributed by atoms with Crippen molar-refractivity contribution in [2.75, 3.05) is 12.9 Å². The molecule has 0 aliphatic carbocycles. The van der Waals surface area contributed by atoms with Crippen LogP contribution in [-0.2, 0) is 0 Å². The van der Waals surface area contributed by atoms with Gasteiger partial charge in [-0.3, -0.25) is 4.79 Å². The van der Waals surface area contributed by atoms with Crippen molar-refractivity contribution in [1.29, 1.82) is 5.26 Å². The molecule has 0 amide bonds. The molecular weight excluding hydrogens is 286 g/mol. The van der Waals surface area contributed by atoms with E-state index in [1.807, 2.05) is 6.07 Å². The third kappa shape index (κ3) is 3.25. The number of nitrogens with one attached hydrogen (secondary N) is 1. The molecular formula is C15H11N3O2S. The fourth-order valence-corrected chi connectivity index (χ4v) is 2.07. The van der Waals surface area contributed by atoms with Gasteiger partial charge in [0.2, 0.25) is 0 Å². The van der Waals surface area contributed by atoms with E-state index in [9.17, 15) is 4.79 Å². The molecule has 1 N–H and O–H groups in total. The van der Waals surface area contributed by atoms with Gasteiger partial charge in [-0.1, -0.05) is 17.7 Å². The molecule has 0 fully saturated rings. The Hall–Kier alpha value is -2.70. The van der Waals surface area contributed by atoms with Crippen LogP contribution in [0.4, 0.5) is 0 Å². The van der Waals surface area contributed by atoms with Crippen LogP contribution >= 0.6 is 11.8 Å². The molecule has 0 aliphatic heterocycles. The number of benzene rings is 1. The lowest BCUT2D eigenvalue weighted by atomic mass is 10.1. The van der Waals surface area contributed by atoms with E-state index in [1.54, 1.807) is 30.5 Å². The molecule has 0 spiro atoms. The number of hydrogen-bond acceptors (Lipinski definition) is 5. The van der Waals surface area contributed by atoms with Crippen LogP contribution in [0.2, 0.25) is 0 Å². The van der Waals surface area contributed by atoms with Gasteiger partial charge in [0.15, 0.2) is 5.16 Å². The second kappa shape index (κ2) is 6.65. The molecule has 0 unspecified atom stereocenters. The monoisotopic (exact) mass is 297 g/mol. The summed E-state index contributed by atoms with van der Waals surface area (Å²) in [5.41, 5.74) is 0.569. The highest BCUT2D eigenvalue weighted by Crippen LogP contribution is 2.23. The molecule has 5 nitrogen and oxygen atoms in total. The molecule has 0 atom stereocenters. The Labute approximate surface area is 126 Å². The van der Waals surface area contributed by atoms with Crippen LogP contribution in [0.15, 0.2) is 34.2 Å². The first-order chi connectivity index (χ1) is 10.2. The normalized spacial score (nSPS) is 9.67. The van der Waals surface area contributed by atoms with Crippen molar-refractivity contribution < 1.29 is 4.74 Å². The Morgan fingerprint density at radius 1 is 1.43 bits per heavy atom. The van der Waals surface area contributed by atoms with E-state index < -0.39 is 5.56 Å². The quantitative estimate of drug-likeness (QED) is 0.531. The molecule has 2 rings (SSSR count). The Balaban J connectivity index is 2.46. The topological polar surface area (TPSA) is 78.8 Å². The number of aromatic nitrogens is 2. The van der Waals surface area contributed by atoms with Crippen LogP contribution in [0.25, 0.3) is 11.3 Å². The Morgan fingerprint density at radius 2 is 2.14 bits per heavy atom. The van der Waals surface area contributed by atoms with Crippen LogP contribution in [0.3, 0.4) is 0 Å². The van der Waals surface area contributed by atoms with E-state index in [1.165, 1.54) is 11.8 Å². The van der Waals surface area contributed by atoms with Crippen molar-refractivity contribution >= 4 is 11.8 Å². The van der Waals surface area contributed by atoms with E-state index in [-0.39, 0.29) is 12.2 Å². The van der Waals surface area contributed by atoms with Gasteiger partial charge in [-0.25, -0.2) is 4.98 Å². The SMILES string of the molecule is C#CCOc1ccc(-c2nc(SC)[nH]c(=O)c2C#N)cc1. The third-order valence-corrected chi connectivity index (χ3v) is 3.23. The van der Waals surface area contributed by atoms with Crippen molar-refractivity contribution in [2.24, 2.45) is 0 Å². The zero-order valence-corrected chi connectivity index (χ0v) is 12.0. The van der Waals surface area contributed by atoms with Crippen molar-refractivity contribution in [1.82, 2.24) is 9.97 Å². The van der Waals surface area contributed by atoms with Crippen molar-refractivity contribution in [2.45, 2.75) is 5.16 Å². The zero-order chi connectivity index (χ0) is 15.2. The van der Waals surface area contributed by atoms with E-state index in [4.69, 9.17) is 16.4 Å². The molecule has 1 aromatic heterocycles. The number of aromatic amines is 1. The maximum atomic E-state index is 11.9. The second-order valence-electron chi connectivity index (χ2n) is 3.93. The third-order valence-electron chi connectivity index (χ3n) is 2.65. The summed E-state index contributed by atoms with van der Waals surface area (Å²) in [7, 11) is 0. The van der Waals surface area contributed by atoms with Crippen LogP contribution in [0.5, 0.6) is 5.75 Å². The molecule has 0 aliphatic rings. The van der Waals surface area contributed by atoms with Crippen molar-refractivity contribution in [3.05, 3.63) is 40.2 Å². The van der Waals surface area contributed by atoms with E-state index in [0.29, 0.717) is 22.2 Å². The summed E-state index contributed by atoms with van der Waals surface area (Å²) in [5, 5.41) is 9.59. The van der Waals surface area contributed by atoms with Crippen LogP contribution in [0, 0.1) is 23.7 Å². The van der Waals surface area contributed by atoms with E-state index in [2.05, 4.69) is 15.9 Å².